The minimum atomic E-state index is -1.33. The minimum Gasteiger partial charge on any atom is -0.494 e. The number of hydrogen-bond acceptors (Lipinski definition) is 6. The van der Waals surface area contributed by atoms with Crippen LogP contribution in [0.4, 0.5) is 5.69 Å². The maximum Gasteiger partial charge on any atom is 0.249 e. The number of nitrogens with zero attached hydrogens (tertiary/aromatic N) is 3. The van der Waals surface area contributed by atoms with Gasteiger partial charge < -0.3 is 29.3 Å². The van der Waals surface area contributed by atoms with Gasteiger partial charge in [0.05, 0.1) is 36.7 Å². The molecule has 0 saturated carbocycles. The van der Waals surface area contributed by atoms with Crippen LogP contribution in [0.1, 0.15) is 60.3 Å². The van der Waals surface area contributed by atoms with Crippen molar-refractivity contribution < 1.29 is 29.0 Å². The third kappa shape index (κ3) is 4.56. The van der Waals surface area contributed by atoms with Gasteiger partial charge in [0.2, 0.25) is 17.7 Å². The van der Waals surface area contributed by atoms with Gasteiger partial charge in [0, 0.05) is 24.8 Å². The van der Waals surface area contributed by atoms with Crippen LogP contribution in [0.15, 0.2) is 48.6 Å². The Balaban J connectivity index is 1.63. The van der Waals surface area contributed by atoms with E-state index < -0.39 is 35.1 Å². The number of amides is 3. The van der Waals surface area contributed by atoms with Crippen molar-refractivity contribution >= 4 is 23.4 Å². The van der Waals surface area contributed by atoms with Gasteiger partial charge in [-0.1, -0.05) is 51.5 Å². The summed E-state index contributed by atoms with van der Waals surface area (Å²) in [5.41, 5.74) is -1.69. The molecule has 42 heavy (non-hydrogen) atoms. The van der Waals surface area contributed by atoms with Crippen LogP contribution in [0.3, 0.4) is 0 Å². The zero-order valence-electron chi connectivity index (χ0n) is 25.5. The van der Waals surface area contributed by atoms with Crippen molar-refractivity contribution in [1.29, 1.82) is 0 Å². The second-order valence-corrected chi connectivity index (χ2v) is 11.9. The fraction of sp³-hybridized carbons (Fsp3) is 0.606. The summed E-state index contributed by atoms with van der Waals surface area (Å²) in [5, 5.41) is 10.4. The fourth-order valence-corrected chi connectivity index (χ4v) is 7.62. The Labute approximate surface area is 249 Å². The third-order valence-corrected chi connectivity index (χ3v) is 9.68. The van der Waals surface area contributed by atoms with Crippen molar-refractivity contribution in [3.63, 3.8) is 0 Å². The molecule has 7 atom stereocenters. The normalized spacial score (nSPS) is 31.9. The number of carbonyl (C=O) groups excluding carboxylic acids is 3. The first-order valence-electron chi connectivity index (χ1n) is 15.6. The zero-order valence-corrected chi connectivity index (χ0v) is 25.5. The molecular formula is C33H45N3O6. The molecule has 4 aliphatic heterocycles. The molecule has 0 aromatic heterocycles. The Morgan fingerprint density at radius 3 is 2.31 bits per heavy atom. The number of hydrogen-bond donors (Lipinski definition) is 1. The van der Waals surface area contributed by atoms with E-state index in [1.807, 2.05) is 81.2 Å². The number of rotatable bonds is 10. The Morgan fingerprint density at radius 2 is 1.69 bits per heavy atom. The Bertz CT molecular complexity index is 1240. The summed E-state index contributed by atoms with van der Waals surface area (Å²) >= 11 is 0. The van der Waals surface area contributed by atoms with Crippen molar-refractivity contribution in [1.82, 2.24) is 9.80 Å². The van der Waals surface area contributed by atoms with E-state index in [4.69, 9.17) is 9.47 Å². The molecule has 9 heteroatoms. The molecule has 0 aliphatic carbocycles. The van der Waals surface area contributed by atoms with E-state index in [0.717, 1.165) is 12.8 Å². The molecule has 1 spiro atoms. The highest BCUT2D eigenvalue weighted by atomic mass is 16.5. The minimum absolute atomic E-state index is 0.0313. The van der Waals surface area contributed by atoms with Crippen LogP contribution in [-0.4, -0.2) is 88.3 Å². The second kappa shape index (κ2) is 11.8. The number of fused-ring (bicyclic) bond motifs is 2. The number of likely N-dealkylation sites (tertiary alicyclic amines) is 1. The van der Waals surface area contributed by atoms with Crippen molar-refractivity contribution in [2.24, 2.45) is 11.8 Å². The molecule has 3 amide bonds. The van der Waals surface area contributed by atoms with Crippen molar-refractivity contribution in [2.45, 2.75) is 89.6 Å². The van der Waals surface area contributed by atoms with E-state index in [-0.39, 0.29) is 30.4 Å². The average molecular weight is 580 g/mol. The molecule has 1 aromatic carbocycles. The van der Waals surface area contributed by atoms with E-state index >= 15 is 0 Å². The molecule has 4 aliphatic rings. The molecule has 1 aromatic rings. The monoisotopic (exact) mass is 579 g/mol. The summed E-state index contributed by atoms with van der Waals surface area (Å²) in [5.74, 6) is -1.75. The first-order valence-corrected chi connectivity index (χ1v) is 15.6. The number of carbonyl (C=O) groups is 3. The lowest BCUT2D eigenvalue weighted by Crippen LogP contribution is -2.59. The Kier molecular flexibility index (Phi) is 8.54. The Morgan fingerprint density at radius 1 is 0.976 bits per heavy atom. The van der Waals surface area contributed by atoms with E-state index in [1.165, 1.54) is 0 Å². The van der Waals surface area contributed by atoms with Crippen molar-refractivity contribution in [2.75, 3.05) is 31.2 Å². The number of ether oxygens (including phenoxy) is 2. The van der Waals surface area contributed by atoms with Crippen LogP contribution in [0.2, 0.25) is 0 Å². The molecule has 9 nitrogen and oxygen atoms in total. The summed E-state index contributed by atoms with van der Waals surface area (Å²) < 4.78 is 12.6. The SMILES string of the molecule is CCCC(C)N1CC=C[C@]23O[C@]4(CC)C=CCN(c5ccc(OCC)cc5)C(=O)[C@@H]4[C@H]2C(=O)N([C@@H](CC)CO)C3C1=O. The van der Waals surface area contributed by atoms with Gasteiger partial charge in [-0.25, -0.2) is 0 Å². The van der Waals surface area contributed by atoms with Gasteiger partial charge in [0.25, 0.3) is 0 Å². The molecular weight excluding hydrogens is 534 g/mol. The highest BCUT2D eigenvalue weighted by Gasteiger charge is 2.76. The lowest BCUT2D eigenvalue weighted by atomic mass is 9.73. The van der Waals surface area contributed by atoms with Crippen LogP contribution >= 0.6 is 0 Å². The molecule has 1 N–H and O–H groups in total. The van der Waals surface area contributed by atoms with Gasteiger partial charge in [-0.2, -0.15) is 0 Å². The van der Waals surface area contributed by atoms with E-state index in [2.05, 4.69) is 6.92 Å². The molecule has 2 saturated heterocycles. The lowest BCUT2D eigenvalue weighted by molar-refractivity contribution is -0.156. The maximum atomic E-state index is 14.6. The van der Waals surface area contributed by atoms with Gasteiger partial charge in [-0.15, -0.1) is 0 Å². The predicted octanol–water partition coefficient (Wildman–Crippen LogP) is 3.71. The van der Waals surface area contributed by atoms with Crippen molar-refractivity contribution in [3.8, 4) is 5.75 Å². The van der Waals surface area contributed by atoms with E-state index in [9.17, 15) is 19.5 Å². The first-order chi connectivity index (χ1) is 20.2. The Hall–Kier alpha value is -3.17. The van der Waals surface area contributed by atoms with Gasteiger partial charge >= 0.3 is 0 Å². The molecule has 4 heterocycles. The predicted molar refractivity (Wildman–Crippen MR) is 160 cm³/mol. The van der Waals surface area contributed by atoms with Crippen LogP contribution in [0.5, 0.6) is 5.75 Å². The van der Waals surface area contributed by atoms with Crippen LogP contribution in [0, 0.1) is 11.8 Å². The average Bonchev–Trinajstić information content (AvgIpc) is 3.27. The first kappa shape index (κ1) is 30.3. The maximum absolute atomic E-state index is 14.6. The second-order valence-electron chi connectivity index (χ2n) is 11.9. The number of anilines is 1. The molecule has 0 bridgehead atoms. The summed E-state index contributed by atoms with van der Waals surface area (Å²) in [6.07, 6.45) is 10.4. The van der Waals surface area contributed by atoms with Gasteiger partial charge in [0.15, 0.2) is 0 Å². The van der Waals surface area contributed by atoms with Crippen molar-refractivity contribution in [3.05, 3.63) is 48.6 Å². The third-order valence-electron chi connectivity index (χ3n) is 9.68. The summed E-state index contributed by atoms with van der Waals surface area (Å²) in [6, 6.07) is 5.82. The van der Waals surface area contributed by atoms with Gasteiger partial charge in [-0.05, 0) is 57.4 Å². The zero-order chi connectivity index (χ0) is 30.2. The quantitative estimate of drug-likeness (QED) is 0.425. The van der Waals surface area contributed by atoms with E-state index in [0.29, 0.717) is 44.0 Å². The van der Waals surface area contributed by atoms with Crippen LogP contribution in [-0.2, 0) is 19.1 Å². The number of benzene rings is 1. The molecule has 228 valence electrons. The van der Waals surface area contributed by atoms with Gasteiger partial charge in [0.1, 0.15) is 17.4 Å². The highest BCUT2D eigenvalue weighted by Crippen LogP contribution is 2.59. The molecule has 2 unspecified atom stereocenters. The smallest absolute Gasteiger partial charge is 0.249 e. The lowest BCUT2D eigenvalue weighted by Gasteiger charge is -2.41. The summed E-state index contributed by atoms with van der Waals surface area (Å²) in [4.78, 5) is 48.8. The summed E-state index contributed by atoms with van der Waals surface area (Å²) in [6.45, 7) is 10.9. The number of aliphatic hydroxyl groups is 1. The standard InChI is InChI=1S/C33H45N3O6/c1-6-12-22(5)34-19-11-18-33-27(30(39)36(23(7-2)21-37)28(33)31(34)40)26-29(38)35(20-10-17-32(26,8-3)42-33)24-13-15-25(16-14-24)41-9-4/h10-11,13-18,22-23,26-28,37H,6-9,12,19-21H2,1-5H3/t22?,23-,26-,27-,28?,32+,33-/m0/s1. The molecule has 0 radical (unpaired) electrons. The molecule has 2 fully saturated rings. The highest BCUT2D eigenvalue weighted by molar-refractivity contribution is 6.04. The number of aliphatic hydroxyl groups excluding tert-OH is 1. The summed E-state index contributed by atoms with van der Waals surface area (Å²) in [7, 11) is 0. The van der Waals surface area contributed by atoms with E-state index in [1.54, 1.807) is 9.80 Å². The fourth-order valence-electron chi connectivity index (χ4n) is 7.62. The van der Waals surface area contributed by atoms with Crippen LogP contribution in [0.25, 0.3) is 0 Å². The largest absolute Gasteiger partial charge is 0.494 e. The topological polar surface area (TPSA) is 99.6 Å². The van der Waals surface area contributed by atoms with Gasteiger partial charge in [-0.3, -0.25) is 14.4 Å². The van der Waals surface area contributed by atoms with Crippen LogP contribution < -0.4 is 9.64 Å². The molecule has 5 rings (SSSR count).